The van der Waals surface area contributed by atoms with E-state index in [0.29, 0.717) is 18.7 Å². The molecule has 0 saturated carbocycles. The number of piperidine rings is 1. The van der Waals surface area contributed by atoms with Gasteiger partial charge in [0.2, 0.25) is 0 Å². The minimum absolute atomic E-state index is 0.266. The number of rotatable bonds is 8. The Labute approximate surface area is 170 Å². The number of hydrogen-bond acceptors (Lipinski definition) is 6. The standard InChI is InChI=1S/C22H37N3O3/c1-23-9-6-20(7-10-23)25-12-11-24(16-21(25)8-13-26)15-18-4-5-22(28-3)19(14-18)17-27-2/h4-5,14,20-21,26H,6-13,15-17H2,1-3H3/t21-/m0/s1. The molecule has 2 aliphatic rings. The normalized spacial score (nSPS) is 23.2. The lowest BCUT2D eigenvalue weighted by Gasteiger charge is -2.47. The van der Waals surface area contributed by atoms with Crippen molar-refractivity contribution in [1.29, 1.82) is 0 Å². The van der Waals surface area contributed by atoms with Crippen LogP contribution in [-0.4, -0.2) is 92.5 Å². The van der Waals surface area contributed by atoms with Crippen molar-refractivity contribution in [2.45, 2.75) is 44.5 Å². The predicted molar refractivity (Wildman–Crippen MR) is 112 cm³/mol. The van der Waals surface area contributed by atoms with Gasteiger partial charge in [-0.05, 0) is 57.1 Å². The number of ether oxygens (including phenoxy) is 2. The van der Waals surface area contributed by atoms with Crippen molar-refractivity contribution in [3.63, 3.8) is 0 Å². The smallest absolute Gasteiger partial charge is 0.124 e. The van der Waals surface area contributed by atoms with Gasteiger partial charge in [-0.1, -0.05) is 6.07 Å². The first kappa shape index (κ1) is 21.5. The Hall–Kier alpha value is -1.18. The van der Waals surface area contributed by atoms with Gasteiger partial charge >= 0.3 is 0 Å². The molecule has 1 atom stereocenters. The lowest BCUT2D eigenvalue weighted by Crippen LogP contribution is -2.58. The molecule has 2 heterocycles. The van der Waals surface area contributed by atoms with Crippen molar-refractivity contribution in [1.82, 2.24) is 14.7 Å². The fraction of sp³-hybridized carbons (Fsp3) is 0.727. The molecule has 0 aromatic heterocycles. The average Bonchev–Trinajstić information content (AvgIpc) is 2.70. The summed E-state index contributed by atoms with van der Waals surface area (Å²) < 4.78 is 10.8. The first-order valence-corrected chi connectivity index (χ1v) is 10.6. The van der Waals surface area contributed by atoms with E-state index in [1.165, 1.54) is 31.5 Å². The Balaban J connectivity index is 1.63. The maximum Gasteiger partial charge on any atom is 0.124 e. The Morgan fingerprint density at radius 2 is 1.89 bits per heavy atom. The largest absolute Gasteiger partial charge is 0.496 e. The first-order chi connectivity index (χ1) is 13.6. The molecule has 6 heteroatoms. The van der Waals surface area contributed by atoms with Gasteiger partial charge < -0.3 is 19.5 Å². The van der Waals surface area contributed by atoms with Crippen molar-refractivity contribution in [2.24, 2.45) is 0 Å². The van der Waals surface area contributed by atoms with Crippen LogP contribution in [0.3, 0.4) is 0 Å². The highest BCUT2D eigenvalue weighted by Crippen LogP contribution is 2.25. The molecule has 0 amide bonds. The molecule has 0 spiro atoms. The van der Waals surface area contributed by atoms with Crippen LogP contribution in [-0.2, 0) is 17.9 Å². The van der Waals surface area contributed by atoms with Crippen molar-refractivity contribution in [3.8, 4) is 5.75 Å². The number of likely N-dealkylation sites (tertiary alicyclic amines) is 1. The number of piperazine rings is 1. The fourth-order valence-electron chi connectivity index (χ4n) is 4.75. The third kappa shape index (κ3) is 5.45. The zero-order valence-corrected chi connectivity index (χ0v) is 17.8. The summed E-state index contributed by atoms with van der Waals surface area (Å²) in [4.78, 5) is 7.64. The second kappa shape index (κ2) is 10.6. The second-order valence-electron chi connectivity index (χ2n) is 8.25. The molecule has 2 aliphatic heterocycles. The van der Waals surface area contributed by atoms with Gasteiger partial charge in [0.05, 0.1) is 13.7 Å². The highest BCUT2D eigenvalue weighted by molar-refractivity contribution is 5.37. The summed E-state index contributed by atoms with van der Waals surface area (Å²) >= 11 is 0. The highest BCUT2D eigenvalue weighted by Gasteiger charge is 2.33. The van der Waals surface area contributed by atoms with Crippen LogP contribution in [0.5, 0.6) is 5.75 Å². The summed E-state index contributed by atoms with van der Waals surface area (Å²) in [6.45, 7) is 7.34. The van der Waals surface area contributed by atoms with E-state index in [4.69, 9.17) is 9.47 Å². The van der Waals surface area contributed by atoms with Gasteiger partial charge in [0, 0.05) is 57.5 Å². The maximum absolute atomic E-state index is 9.62. The molecule has 28 heavy (non-hydrogen) atoms. The Morgan fingerprint density at radius 1 is 1.11 bits per heavy atom. The van der Waals surface area contributed by atoms with Gasteiger partial charge in [-0.25, -0.2) is 0 Å². The molecule has 2 fully saturated rings. The highest BCUT2D eigenvalue weighted by atomic mass is 16.5. The van der Waals surface area contributed by atoms with E-state index in [9.17, 15) is 5.11 Å². The van der Waals surface area contributed by atoms with E-state index in [1.807, 2.05) is 6.07 Å². The van der Waals surface area contributed by atoms with Crippen LogP contribution in [0.4, 0.5) is 0 Å². The summed E-state index contributed by atoms with van der Waals surface area (Å²) in [6.07, 6.45) is 3.36. The third-order valence-electron chi connectivity index (χ3n) is 6.28. The van der Waals surface area contributed by atoms with Crippen LogP contribution in [0.15, 0.2) is 18.2 Å². The van der Waals surface area contributed by atoms with Crippen LogP contribution in [0.1, 0.15) is 30.4 Å². The van der Waals surface area contributed by atoms with E-state index in [1.54, 1.807) is 14.2 Å². The molecule has 1 aromatic carbocycles. The van der Waals surface area contributed by atoms with E-state index < -0.39 is 0 Å². The van der Waals surface area contributed by atoms with Crippen molar-refractivity contribution in [2.75, 3.05) is 60.6 Å². The second-order valence-corrected chi connectivity index (χ2v) is 8.25. The minimum atomic E-state index is 0.266. The summed E-state index contributed by atoms with van der Waals surface area (Å²) in [7, 11) is 5.63. The zero-order valence-electron chi connectivity index (χ0n) is 17.8. The van der Waals surface area contributed by atoms with Gasteiger partial charge in [-0.3, -0.25) is 9.80 Å². The van der Waals surface area contributed by atoms with Crippen LogP contribution in [0.2, 0.25) is 0 Å². The van der Waals surface area contributed by atoms with Crippen molar-refractivity contribution in [3.05, 3.63) is 29.3 Å². The molecule has 158 valence electrons. The van der Waals surface area contributed by atoms with E-state index in [2.05, 4.69) is 33.9 Å². The molecule has 0 unspecified atom stereocenters. The average molecular weight is 392 g/mol. The van der Waals surface area contributed by atoms with Gasteiger partial charge in [0.1, 0.15) is 5.75 Å². The summed E-state index contributed by atoms with van der Waals surface area (Å²) in [5.74, 6) is 0.885. The Morgan fingerprint density at radius 3 is 2.57 bits per heavy atom. The van der Waals surface area contributed by atoms with Gasteiger partial charge in [0.15, 0.2) is 0 Å². The molecular weight excluding hydrogens is 354 g/mol. The van der Waals surface area contributed by atoms with Crippen molar-refractivity contribution >= 4 is 0 Å². The summed E-state index contributed by atoms with van der Waals surface area (Å²) in [6, 6.07) is 7.52. The fourth-order valence-corrected chi connectivity index (χ4v) is 4.75. The zero-order chi connectivity index (χ0) is 19.9. The van der Waals surface area contributed by atoms with Gasteiger partial charge in [-0.2, -0.15) is 0 Å². The van der Waals surface area contributed by atoms with Crippen LogP contribution < -0.4 is 4.74 Å². The monoisotopic (exact) mass is 391 g/mol. The van der Waals surface area contributed by atoms with Gasteiger partial charge in [-0.15, -0.1) is 0 Å². The number of aliphatic hydroxyl groups is 1. The SMILES string of the molecule is COCc1cc(CN2CCN(C3CCN(C)CC3)[C@@H](CCO)C2)ccc1OC. The lowest BCUT2D eigenvalue weighted by molar-refractivity contribution is 0.00598. The van der Waals surface area contributed by atoms with E-state index in [0.717, 1.165) is 43.9 Å². The Kier molecular flexibility index (Phi) is 8.11. The maximum atomic E-state index is 9.62. The molecular formula is C22H37N3O3. The first-order valence-electron chi connectivity index (χ1n) is 10.6. The molecule has 0 bridgehead atoms. The van der Waals surface area contributed by atoms with Gasteiger partial charge in [0.25, 0.3) is 0 Å². The molecule has 6 nitrogen and oxygen atoms in total. The number of aliphatic hydroxyl groups excluding tert-OH is 1. The quantitative estimate of drug-likeness (QED) is 0.729. The van der Waals surface area contributed by atoms with Crippen LogP contribution >= 0.6 is 0 Å². The summed E-state index contributed by atoms with van der Waals surface area (Å²) in [5, 5.41) is 9.62. The van der Waals surface area contributed by atoms with E-state index >= 15 is 0 Å². The molecule has 3 rings (SSSR count). The van der Waals surface area contributed by atoms with Crippen molar-refractivity contribution < 1.29 is 14.6 Å². The molecule has 2 saturated heterocycles. The number of nitrogens with zero attached hydrogens (tertiary/aromatic N) is 3. The topological polar surface area (TPSA) is 48.4 Å². The minimum Gasteiger partial charge on any atom is -0.496 e. The predicted octanol–water partition coefficient (Wildman–Crippen LogP) is 1.80. The number of benzene rings is 1. The molecule has 1 aromatic rings. The Bertz CT molecular complexity index is 605. The molecule has 1 N–H and O–H groups in total. The molecule has 0 radical (unpaired) electrons. The number of hydrogen-bond donors (Lipinski definition) is 1. The van der Waals surface area contributed by atoms with Crippen LogP contribution in [0.25, 0.3) is 0 Å². The third-order valence-corrected chi connectivity index (χ3v) is 6.28. The molecule has 0 aliphatic carbocycles. The number of methoxy groups -OCH3 is 2. The summed E-state index contributed by atoms with van der Waals surface area (Å²) in [5.41, 5.74) is 2.39. The van der Waals surface area contributed by atoms with Crippen LogP contribution in [0, 0.1) is 0 Å². The lowest BCUT2D eigenvalue weighted by atomic mass is 9.98. The van der Waals surface area contributed by atoms with E-state index in [-0.39, 0.29) is 6.61 Å².